The number of amides is 1. The molecule has 0 bridgehead atoms. The first-order chi connectivity index (χ1) is 13.3. The van der Waals surface area contributed by atoms with Crippen LogP contribution in [0.25, 0.3) is 0 Å². The molecule has 2 aliphatic rings. The summed E-state index contributed by atoms with van der Waals surface area (Å²) < 4.78 is 28.3. The zero-order chi connectivity index (χ0) is 19.9. The van der Waals surface area contributed by atoms with Crippen molar-refractivity contribution < 1.29 is 13.2 Å². The topological polar surface area (TPSA) is 84.3 Å². The third-order valence-electron chi connectivity index (χ3n) is 5.65. The van der Waals surface area contributed by atoms with Crippen molar-refractivity contribution in [3.8, 4) is 0 Å². The molecule has 1 aliphatic heterocycles. The van der Waals surface area contributed by atoms with E-state index in [0.717, 1.165) is 18.4 Å². The van der Waals surface area contributed by atoms with Crippen LogP contribution in [-0.4, -0.2) is 41.5 Å². The van der Waals surface area contributed by atoms with Gasteiger partial charge in [0.05, 0.1) is 11.7 Å². The Hall–Kier alpha value is -1.90. The molecule has 1 aromatic heterocycles. The van der Waals surface area contributed by atoms with Gasteiger partial charge in [-0.3, -0.25) is 9.48 Å². The number of hydrogen-bond acceptors (Lipinski definition) is 4. The highest BCUT2D eigenvalue weighted by molar-refractivity contribution is 7.89. The highest BCUT2D eigenvalue weighted by atomic mass is 35.5. The molecule has 1 aliphatic carbocycles. The molecule has 1 saturated carbocycles. The first-order valence-corrected chi connectivity index (χ1v) is 11.2. The maximum absolute atomic E-state index is 12.8. The average Bonchev–Trinajstić information content (AvgIpc) is 3.32. The summed E-state index contributed by atoms with van der Waals surface area (Å²) in [6.07, 6.45) is 5.71. The summed E-state index contributed by atoms with van der Waals surface area (Å²) in [7, 11) is -1.87. The van der Waals surface area contributed by atoms with Crippen molar-refractivity contribution in [3.63, 3.8) is 0 Å². The molecule has 7 nitrogen and oxygen atoms in total. The van der Waals surface area contributed by atoms with Crippen LogP contribution < -0.4 is 5.32 Å². The lowest BCUT2D eigenvalue weighted by molar-refractivity contribution is -0.127. The maximum Gasteiger partial charge on any atom is 0.246 e. The van der Waals surface area contributed by atoms with Crippen LogP contribution in [0.2, 0.25) is 5.02 Å². The third kappa shape index (κ3) is 3.68. The molecule has 0 unspecified atom stereocenters. The van der Waals surface area contributed by atoms with E-state index in [2.05, 4.69) is 10.4 Å². The summed E-state index contributed by atoms with van der Waals surface area (Å²) in [5.74, 6) is -0.170. The first-order valence-electron chi connectivity index (χ1n) is 9.37. The number of aryl methyl sites for hydroxylation is 1. The van der Waals surface area contributed by atoms with Gasteiger partial charge in [0.2, 0.25) is 15.9 Å². The Bertz CT molecular complexity index is 975. The summed E-state index contributed by atoms with van der Waals surface area (Å²) in [6, 6.07) is 7.59. The second-order valence-electron chi connectivity index (χ2n) is 7.61. The third-order valence-corrected chi connectivity index (χ3v) is 7.76. The highest BCUT2D eigenvalue weighted by Gasteiger charge is 2.46. The van der Waals surface area contributed by atoms with E-state index >= 15 is 0 Å². The van der Waals surface area contributed by atoms with E-state index in [0.29, 0.717) is 31.0 Å². The Morgan fingerprint density at radius 1 is 1.21 bits per heavy atom. The summed E-state index contributed by atoms with van der Waals surface area (Å²) in [5.41, 5.74) is 0.780. The maximum atomic E-state index is 12.8. The summed E-state index contributed by atoms with van der Waals surface area (Å²) >= 11 is 5.96. The minimum atomic E-state index is -3.55. The van der Waals surface area contributed by atoms with Gasteiger partial charge in [-0.2, -0.15) is 9.40 Å². The fourth-order valence-corrected chi connectivity index (χ4v) is 5.34. The van der Waals surface area contributed by atoms with Crippen LogP contribution in [0.3, 0.4) is 0 Å². The number of nitrogens with one attached hydrogen (secondary N) is 1. The van der Waals surface area contributed by atoms with Crippen LogP contribution in [0.15, 0.2) is 41.6 Å². The van der Waals surface area contributed by atoms with E-state index in [1.165, 1.54) is 21.4 Å². The lowest BCUT2D eigenvalue weighted by atomic mass is 9.95. The summed E-state index contributed by atoms with van der Waals surface area (Å²) in [5, 5.41) is 7.81. The largest absolute Gasteiger partial charge is 0.346 e. The van der Waals surface area contributed by atoms with E-state index in [1.54, 1.807) is 7.05 Å². The number of nitrogens with zero attached hydrogens (tertiary/aromatic N) is 3. The van der Waals surface area contributed by atoms with Crippen molar-refractivity contribution in [2.45, 2.75) is 36.1 Å². The number of hydrogen-bond donors (Lipinski definition) is 1. The molecule has 1 aromatic carbocycles. The molecule has 0 spiro atoms. The number of halogens is 1. The number of piperidine rings is 1. The second-order valence-corrected chi connectivity index (χ2v) is 9.98. The van der Waals surface area contributed by atoms with Crippen molar-refractivity contribution in [1.82, 2.24) is 19.4 Å². The predicted octanol–water partition coefficient (Wildman–Crippen LogP) is 2.28. The first kappa shape index (κ1) is 19.4. The van der Waals surface area contributed by atoms with Crippen molar-refractivity contribution >= 4 is 27.5 Å². The quantitative estimate of drug-likeness (QED) is 0.801. The molecule has 9 heteroatoms. The molecule has 2 aromatic rings. The van der Waals surface area contributed by atoms with Gasteiger partial charge in [-0.05, 0) is 43.4 Å². The molecule has 1 amide bonds. The molecule has 150 valence electrons. The lowest BCUT2D eigenvalue weighted by Gasteiger charge is -2.31. The van der Waals surface area contributed by atoms with E-state index in [1.807, 2.05) is 24.3 Å². The molecular formula is C19H23ClN4O3S. The number of carbonyl (C=O) groups is 1. The van der Waals surface area contributed by atoms with Crippen LogP contribution in [-0.2, 0) is 27.4 Å². The van der Waals surface area contributed by atoms with E-state index in [9.17, 15) is 13.2 Å². The van der Waals surface area contributed by atoms with E-state index < -0.39 is 10.0 Å². The Morgan fingerprint density at radius 2 is 1.86 bits per heavy atom. The number of benzene rings is 1. The van der Waals surface area contributed by atoms with Gasteiger partial charge in [0.1, 0.15) is 4.90 Å². The van der Waals surface area contributed by atoms with E-state index in [-0.39, 0.29) is 22.3 Å². The average molecular weight is 423 g/mol. The van der Waals surface area contributed by atoms with Gasteiger partial charge in [0.25, 0.3) is 0 Å². The number of sulfonamides is 1. The van der Waals surface area contributed by atoms with Crippen molar-refractivity contribution in [3.05, 3.63) is 47.2 Å². The smallest absolute Gasteiger partial charge is 0.246 e. The Labute approximate surface area is 169 Å². The molecule has 0 atom stereocenters. The van der Waals surface area contributed by atoms with E-state index in [4.69, 9.17) is 11.6 Å². The molecule has 4 rings (SSSR count). The Morgan fingerprint density at radius 3 is 2.39 bits per heavy atom. The molecule has 1 saturated heterocycles. The standard InChI is InChI=1S/C19H23ClN4O3S/c1-23-13-17(12-21-23)28(26,27)24-10-6-14(7-11-24)18(25)22-19(8-9-19)15-2-4-16(20)5-3-15/h2-5,12-14H,6-11H2,1H3,(H,22,25). The second kappa shape index (κ2) is 7.17. The van der Waals surface area contributed by atoms with Crippen LogP contribution in [0, 0.1) is 5.92 Å². The zero-order valence-electron chi connectivity index (χ0n) is 15.6. The molecule has 0 radical (unpaired) electrons. The minimum absolute atomic E-state index is 0.00544. The lowest BCUT2D eigenvalue weighted by Crippen LogP contribution is -2.45. The number of aromatic nitrogens is 2. The van der Waals surface area contributed by atoms with Gasteiger partial charge in [-0.1, -0.05) is 23.7 Å². The minimum Gasteiger partial charge on any atom is -0.346 e. The van der Waals surface area contributed by atoms with Crippen LogP contribution in [0.5, 0.6) is 0 Å². The normalized spacial score (nSPS) is 20.1. The summed E-state index contributed by atoms with van der Waals surface area (Å²) in [4.78, 5) is 13.0. The molecular weight excluding hydrogens is 400 g/mol. The van der Waals surface area contributed by atoms with Gasteiger partial charge < -0.3 is 5.32 Å². The van der Waals surface area contributed by atoms with Gasteiger partial charge in [0, 0.05) is 37.3 Å². The fourth-order valence-electron chi connectivity index (χ4n) is 3.76. The molecule has 1 N–H and O–H groups in total. The monoisotopic (exact) mass is 422 g/mol. The summed E-state index contributed by atoms with van der Waals surface area (Å²) in [6.45, 7) is 0.673. The highest BCUT2D eigenvalue weighted by Crippen LogP contribution is 2.46. The SMILES string of the molecule is Cn1cc(S(=O)(=O)N2CCC(C(=O)NC3(c4ccc(Cl)cc4)CC3)CC2)cn1. The molecule has 2 fully saturated rings. The van der Waals surface area contributed by atoms with Gasteiger partial charge >= 0.3 is 0 Å². The fraction of sp³-hybridized carbons (Fsp3) is 0.474. The van der Waals surface area contributed by atoms with Gasteiger partial charge in [-0.25, -0.2) is 8.42 Å². The van der Waals surface area contributed by atoms with Crippen LogP contribution in [0.4, 0.5) is 0 Å². The van der Waals surface area contributed by atoms with Crippen molar-refractivity contribution in [2.75, 3.05) is 13.1 Å². The van der Waals surface area contributed by atoms with Gasteiger partial charge in [-0.15, -0.1) is 0 Å². The Balaban J connectivity index is 1.37. The van der Waals surface area contributed by atoms with Crippen molar-refractivity contribution in [1.29, 1.82) is 0 Å². The van der Waals surface area contributed by atoms with Crippen molar-refractivity contribution in [2.24, 2.45) is 13.0 Å². The van der Waals surface area contributed by atoms with Gasteiger partial charge in [0.15, 0.2) is 0 Å². The van der Waals surface area contributed by atoms with Crippen LogP contribution in [0.1, 0.15) is 31.2 Å². The Kier molecular flexibility index (Phi) is 4.97. The molecule has 2 heterocycles. The molecule has 28 heavy (non-hydrogen) atoms. The predicted molar refractivity (Wildman–Crippen MR) is 105 cm³/mol. The van der Waals surface area contributed by atoms with Crippen LogP contribution >= 0.6 is 11.6 Å². The number of carbonyl (C=O) groups excluding carboxylic acids is 1. The number of rotatable bonds is 5. The zero-order valence-corrected chi connectivity index (χ0v) is 17.2.